The highest BCUT2D eigenvalue weighted by Crippen LogP contribution is 2.31. The van der Waals surface area contributed by atoms with Crippen LogP contribution in [0.2, 0.25) is 0 Å². The summed E-state index contributed by atoms with van der Waals surface area (Å²) in [6, 6.07) is 22.8. The van der Waals surface area contributed by atoms with Crippen LogP contribution in [-0.2, 0) is 6.42 Å². The van der Waals surface area contributed by atoms with Gasteiger partial charge >= 0.3 is 0 Å². The first kappa shape index (κ1) is 28.4. The Morgan fingerprint density at radius 1 is 0.841 bits per heavy atom. The van der Waals surface area contributed by atoms with Gasteiger partial charge in [0, 0.05) is 44.7 Å². The van der Waals surface area contributed by atoms with E-state index in [9.17, 15) is 25.0 Å². The zero-order valence-electron chi connectivity index (χ0n) is 23.9. The Bertz CT molecular complexity index is 1840. The molecule has 0 aliphatic carbocycles. The van der Waals surface area contributed by atoms with Crippen molar-refractivity contribution in [3.63, 3.8) is 0 Å². The summed E-state index contributed by atoms with van der Waals surface area (Å²) in [5.74, 6) is 0.863. The number of carbonyl (C=O) groups is 1. The predicted octanol–water partition coefficient (Wildman–Crippen LogP) is 4.88. The lowest BCUT2D eigenvalue weighted by molar-refractivity contribution is -0.394. The molecule has 222 valence electrons. The van der Waals surface area contributed by atoms with Crippen LogP contribution < -0.4 is 4.90 Å². The number of fused-ring (bicyclic) bond motifs is 1. The van der Waals surface area contributed by atoms with E-state index in [4.69, 9.17) is 15.1 Å². The standard InChI is InChI=1S/C31H28N8O5/c1-21-28-29(32-27(17-22-9-4-2-5-10-22)33-30(28)37(34-21)24-11-6-3-7-12-24)35-13-8-14-36(16-15-35)31(40)23-18-25(38(41)42)20-26(19-23)39(43)44/h2-7,9-12,18-20H,8,13-17H2,1H3. The molecule has 1 amide bonds. The summed E-state index contributed by atoms with van der Waals surface area (Å²) < 4.78 is 1.83. The third kappa shape index (κ3) is 5.67. The molecule has 44 heavy (non-hydrogen) atoms. The fourth-order valence-electron chi connectivity index (χ4n) is 5.49. The Kier molecular flexibility index (Phi) is 7.67. The second-order valence-electron chi connectivity index (χ2n) is 10.5. The maximum atomic E-state index is 13.5. The second-order valence-corrected chi connectivity index (χ2v) is 10.5. The average Bonchev–Trinajstić information content (AvgIpc) is 3.19. The van der Waals surface area contributed by atoms with E-state index in [-0.39, 0.29) is 5.56 Å². The lowest BCUT2D eigenvalue weighted by Crippen LogP contribution is -2.35. The number of aryl methyl sites for hydroxylation is 1. The summed E-state index contributed by atoms with van der Waals surface area (Å²) in [6.45, 7) is 3.61. The molecule has 3 heterocycles. The van der Waals surface area contributed by atoms with E-state index in [0.29, 0.717) is 50.5 Å². The molecule has 13 nitrogen and oxygen atoms in total. The van der Waals surface area contributed by atoms with E-state index in [1.54, 1.807) is 4.90 Å². The molecule has 1 aliphatic heterocycles. The van der Waals surface area contributed by atoms with Gasteiger partial charge in [-0.05, 0) is 31.0 Å². The van der Waals surface area contributed by atoms with Crippen LogP contribution in [0, 0.1) is 27.2 Å². The van der Waals surface area contributed by atoms with Crippen LogP contribution in [0.3, 0.4) is 0 Å². The molecule has 6 rings (SSSR count). The highest BCUT2D eigenvalue weighted by atomic mass is 16.6. The molecule has 0 atom stereocenters. The molecule has 2 aromatic heterocycles. The molecule has 0 spiro atoms. The van der Waals surface area contributed by atoms with E-state index in [0.717, 1.165) is 46.3 Å². The Labute approximate surface area is 251 Å². The molecule has 0 bridgehead atoms. The fourth-order valence-corrected chi connectivity index (χ4v) is 5.49. The lowest BCUT2D eigenvalue weighted by Gasteiger charge is -2.24. The first-order chi connectivity index (χ1) is 21.3. The Morgan fingerprint density at radius 2 is 1.50 bits per heavy atom. The topological polar surface area (TPSA) is 153 Å². The van der Waals surface area contributed by atoms with Crippen molar-refractivity contribution in [3.05, 3.63) is 122 Å². The summed E-state index contributed by atoms with van der Waals surface area (Å²) in [7, 11) is 0. The number of hydrogen-bond donors (Lipinski definition) is 0. The van der Waals surface area contributed by atoms with Crippen molar-refractivity contribution >= 4 is 34.1 Å². The largest absolute Gasteiger partial charge is 0.354 e. The van der Waals surface area contributed by atoms with Gasteiger partial charge in [-0.15, -0.1) is 0 Å². The number of para-hydroxylation sites is 1. The van der Waals surface area contributed by atoms with Crippen LogP contribution in [-0.4, -0.2) is 66.6 Å². The van der Waals surface area contributed by atoms with Gasteiger partial charge in [0.05, 0.1) is 38.2 Å². The van der Waals surface area contributed by atoms with Gasteiger partial charge in [0.15, 0.2) is 5.65 Å². The smallest absolute Gasteiger partial charge is 0.277 e. The molecular weight excluding hydrogens is 564 g/mol. The molecule has 0 radical (unpaired) electrons. The molecule has 0 saturated carbocycles. The van der Waals surface area contributed by atoms with Gasteiger partial charge in [0.2, 0.25) is 0 Å². The number of non-ortho nitro benzene ring substituents is 2. The van der Waals surface area contributed by atoms with Gasteiger partial charge in [-0.1, -0.05) is 48.5 Å². The first-order valence-electron chi connectivity index (χ1n) is 14.1. The quantitative estimate of drug-likeness (QED) is 0.190. The normalized spacial score (nSPS) is 13.6. The molecule has 3 aromatic carbocycles. The second kappa shape index (κ2) is 11.9. The van der Waals surface area contributed by atoms with Crippen LogP contribution in [0.15, 0.2) is 78.9 Å². The first-order valence-corrected chi connectivity index (χ1v) is 14.1. The average molecular weight is 593 g/mol. The molecule has 1 fully saturated rings. The van der Waals surface area contributed by atoms with E-state index in [1.165, 1.54) is 0 Å². The third-order valence-electron chi connectivity index (χ3n) is 7.59. The van der Waals surface area contributed by atoms with Gasteiger partial charge in [-0.25, -0.2) is 14.6 Å². The van der Waals surface area contributed by atoms with Crippen LogP contribution in [0.4, 0.5) is 17.2 Å². The summed E-state index contributed by atoms with van der Waals surface area (Å²) in [6.07, 6.45) is 1.11. The zero-order chi connectivity index (χ0) is 30.8. The minimum atomic E-state index is -0.737. The fraction of sp³-hybridized carbons (Fsp3) is 0.226. The molecule has 13 heteroatoms. The number of nitro groups is 2. The maximum absolute atomic E-state index is 13.5. The van der Waals surface area contributed by atoms with Crippen molar-refractivity contribution in [2.75, 3.05) is 31.1 Å². The number of benzene rings is 3. The minimum Gasteiger partial charge on any atom is -0.354 e. The number of aromatic nitrogens is 4. The van der Waals surface area contributed by atoms with Crippen molar-refractivity contribution in [3.8, 4) is 5.69 Å². The number of nitro benzene ring substituents is 2. The van der Waals surface area contributed by atoms with E-state index >= 15 is 0 Å². The molecular formula is C31H28N8O5. The van der Waals surface area contributed by atoms with Crippen LogP contribution >= 0.6 is 0 Å². The number of anilines is 1. The highest BCUT2D eigenvalue weighted by Gasteiger charge is 2.27. The Hall–Kier alpha value is -5.72. The summed E-state index contributed by atoms with van der Waals surface area (Å²) in [5.41, 5.74) is 2.31. The van der Waals surface area contributed by atoms with E-state index in [1.807, 2.05) is 72.3 Å². The van der Waals surface area contributed by atoms with Crippen LogP contribution in [0.5, 0.6) is 0 Å². The van der Waals surface area contributed by atoms with Gasteiger partial charge in [0.25, 0.3) is 17.3 Å². The molecule has 5 aromatic rings. The minimum absolute atomic E-state index is 0.0890. The van der Waals surface area contributed by atoms with Gasteiger partial charge in [-0.3, -0.25) is 25.0 Å². The van der Waals surface area contributed by atoms with Gasteiger partial charge in [-0.2, -0.15) is 5.10 Å². The van der Waals surface area contributed by atoms with E-state index < -0.39 is 27.1 Å². The zero-order valence-corrected chi connectivity index (χ0v) is 23.9. The monoisotopic (exact) mass is 592 g/mol. The molecule has 1 saturated heterocycles. The number of amides is 1. The van der Waals surface area contributed by atoms with Gasteiger partial charge in [0.1, 0.15) is 11.6 Å². The number of nitrogens with zero attached hydrogens (tertiary/aromatic N) is 8. The number of carbonyl (C=O) groups excluding carboxylic acids is 1. The summed E-state index contributed by atoms with van der Waals surface area (Å²) in [5, 5.41) is 28.4. The predicted molar refractivity (Wildman–Crippen MR) is 163 cm³/mol. The number of hydrogen-bond acceptors (Lipinski definition) is 9. The van der Waals surface area contributed by atoms with Crippen molar-refractivity contribution in [1.82, 2.24) is 24.6 Å². The van der Waals surface area contributed by atoms with Crippen molar-refractivity contribution in [2.24, 2.45) is 0 Å². The van der Waals surface area contributed by atoms with Crippen molar-refractivity contribution < 1.29 is 14.6 Å². The molecule has 0 unspecified atom stereocenters. The third-order valence-corrected chi connectivity index (χ3v) is 7.59. The van der Waals surface area contributed by atoms with E-state index in [2.05, 4.69) is 4.90 Å². The lowest BCUT2D eigenvalue weighted by atomic mass is 10.1. The highest BCUT2D eigenvalue weighted by molar-refractivity contribution is 5.96. The summed E-state index contributed by atoms with van der Waals surface area (Å²) >= 11 is 0. The number of rotatable bonds is 7. The van der Waals surface area contributed by atoms with Crippen LogP contribution in [0.1, 0.15) is 33.9 Å². The van der Waals surface area contributed by atoms with Crippen molar-refractivity contribution in [2.45, 2.75) is 19.8 Å². The molecule has 0 N–H and O–H groups in total. The van der Waals surface area contributed by atoms with Crippen molar-refractivity contribution in [1.29, 1.82) is 0 Å². The molecule has 1 aliphatic rings. The van der Waals surface area contributed by atoms with Crippen LogP contribution in [0.25, 0.3) is 16.7 Å². The SMILES string of the molecule is Cc1nn(-c2ccccc2)c2nc(Cc3ccccc3)nc(N3CCCN(C(=O)c4cc([N+](=O)[O-])cc([N+](=O)[O-])c4)CC3)c12. The summed E-state index contributed by atoms with van der Waals surface area (Å²) in [4.78, 5) is 48.4. The Balaban J connectivity index is 1.35. The maximum Gasteiger partial charge on any atom is 0.277 e. The van der Waals surface area contributed by atoms with Gasteiger partial charge < -0.3 is 9.80 Å². The Morgan fingerprint density at radius 3 is 2.16 bits per heavy atom.